The maximum atomic E-state index is 12.2. The van der Waals surface area contributed by atoms with Gasteiger partial charge in [0, 0.05) is 17.5 Å². The molecule has 0 saturated heterocycles. The molecular formula is C22H23N3O2S2. The predicted octanol–water partition coefficient (Wildman–Crippen LogP) is 5.02. The Morgan fingerprint density at radius 1 is 1.03 bits per heavy atom. The third-order valence-corrected chi connectivity index (χ3v) is 5.70. The first-order chi connectivity index (χ1) is 14.0. The zero-order valence-electron chi connectivity index (χ0n) is 16.6. The van der Waals surface area contributed by atoms with Crippen LogP contribution in [0.5, 0.6) is 11.6 Å². The van der Waals surface area contributed by atoms with E-state index >= 15 is 0 Å². The topological polar surface area (TPSA) is 64.1 Å². The monoisotopic (exact) mass is 425 g/mol. The number of carbonyl (C=O) groups is 1. The van der Waals surface area contributed by atoms with Crippen LogP contribution in [0.1, 0.15) is 16.7 Å². The number of amides is 1. The zero-order valence-corrected chi connectivity index (χ0v) is 18.3. The van der Waals surface area contributed by atoms with Crippen molar-refractivity contribution in [3.63, 3.8) is 0 Å². The van der Waals surface area contributed by atoms with Gasteiger partial charge in [0.1, 0.15) is 17.1 Å². The van der Waals surface area contributed by atoms with Crippen molar-refractivity contribution < 1.29 is 9.53 Å². The number of carbonyl (C=O) groups excluding carboxylic acids is 1. The maximum Gasteiger partial charge on any atom is 0.230 e. The number of hydrogen-bond acceptors (Lipinski definition) is 6. The van der Waals surface area contributed by atoms with E-state index < -0.39 is 0 Å². The molecule has 0 bridgehead atoms. The van der Waals surface area contributed by atoms with E-state index in [2.05, 4.69) is 33.5 Å². The van der Waals surface area contributed by atoms with Crippen molar-refractivity contribution in [2.75, 3.05) is 12.0 Å². The minimum Gasteiger partial charge on any atom is -0.439 e. The van der Waals surface area contributed by atoms with Crippen LogP contribution in [-0.4, -0.2) is 27.9 Å². The van der Waals surface area contributed by atoms with Crippen LogP contribution in [0.3, 0.4) is 0 Å². The molecule has 0 aliphatic carbocycles. The number of nitrogens with one attached hydrogen (secondary N) is 1. The summed E-state index contributed by atoms with van der Waals surface area (Å²) in [7, 11) is 0. The van der Waals surface area contributed by atoms with Gasteiger partial charge >= 0.3 is 0 Å². The lowest BCUT2D eigenvalue weighted by atomic mass is 10.1. The Bertz CT molecular complexity index is 958. The summed E-state index contributed by atoms with van der Waals surface area (Å²) in [5, 5.41) is 3.63. The van der Waals surface area contributed by atoms with Crippen molar-refractivity contribution in [1.29, 1.82) is 0 Å². The maximum absolute atomic E-state index is 12.2. The largest absolute Gasteiger partial charge is 0.439 e. The number of aromatic nitrogens is 2. The Morgan fingerprint density at radius 2 is 1.76 bits per heavy atom. The van der Waals surface area contributed by atoms with Crippen LogP contribution in [0.2, 0.25) is 0 Å². The summed E-state index contributed by atoms with van der Waals surface area (Å²) in [6, 6.07) is 15.9. The molecule has 7 heteroatoms. The predicted molar refractivity (Wildman–Crippen MR) is 119 cm³/mol. The SMILES string of the molecule is CSc1ccc(CNC(=O)CSc2cc(Oc3cc(C)cc(C)c3)ncn2)cc1. The van der Waals surface area contributed by atoms with E-state index in [-0.39, 0.29) is 11.7 Å². The normalized spacial score (nSPS) is 10.6. The Morgan fingerprint density at radius 3 is 2.45 bits per heavy atom. The van der Waals surface area contributed by atoms with Crippen LogP contribution in [0, 0.1) is 13.8 Å². The highest BCUT2D eigenvalue weighted by Crippen LogP contribution is 2.25. The third-order valence-electron chi connectivity index (χ3n) is 4.03. The van der Waals surface area contributed by atoms with E-state index in [1.54, 1.807) is 17.8 Å². The van der Waals surface area contributed by atoms with E-state index in [1.807, 2.05) is 44.4 Å². The standard InChI is InChI=1S/C22H23N3O2S2/c1-15-8-16(2)10-18(9-15)27-21-11-22(25-14-24-21)29-13-20(26)23-12-17-4-6-19(28-3)7-5-17/h4-11,14H,12-13H2,1-3H3,(H,23,26). The first kappa shape index (κ1) is 21.2. The van der Waals surface area contributed by atoms with Crippen molar-refractivity contribution in [2.24, 2.45) is 0 Å². The Labute approximate surface area is 179 Å². The molecule has 1 N–H and O–H groups in total. The third kappa shape index (κ3) is 6.80. The van der Waals surface area contributed by atoms with E-state index in [0.29, 0.717) is 17.5 Å². The number of nitrogens with zero attached hydrogens (tertiary/aromatic N) is 2. The molecule has 5 nitrogen and oxygen atoms in total. The molecule has 0 radical (unpaired) electrons. The van der Waals surface area contributed by atoms with E-state index in [9.17, 15) is 4.79 Å². The van der Waals surface area contributed by atoms with Gasteiger partial charge in [0.25, 0.3) is 0 Å². The lowest BCUT2D eigenvalue weighted by molar-refractivity contribution is -0.118. The van der Waals surface area contributed by atoms with Crippen molar-refractivity contribution in [2.45, 2.75) is 30.3 Å². The number of benzene rings is 2. The molecule has 2 aromatic carbocycles. The van der Waals surface area contributed by atoms with Crippen molar-refractivity contribution in [1.82, 2.24) is 15.3 Å². The summed E-state index contributed by atoms with van der Waals surface area (Å²) >= 11 is 3.05. The molecule has 1 aromatic heterocycles. The summed E-state index contributed by atoms with van der Waals surface area (Å²) in [6.45, 7) is 4.56. The van der Waals surface area contributed by atoms with E-state index in [0.717, 1.165) is 22.4 Å². The van der Waals surface area contributed by atoms with E-state index in [1.165, 1.54) is 23.0 Å². The number of ether oxygens (including phenoxy) is 1. The average Bonchev–Trinajstić information content (AvgIpc) is 2.70. The quantitative estimate of drug-likeness (QED) is 0.404. The number of hydrogen-bond donors (Lipinski definition) is 1. The van der Waals surface area contributed by atoms with Crippen LogP contribution in [-0.2, 0) is 11.3 Å². The van der Waals surface area contributed by atoms with Crippen molar-refractivity contribution in [3.05, 3.63) is 71.5 Å². The Balaban J connectivity index is 1.51. The van der Waals surface area contributed by atoms with Gasteiger partial charge in [0.15, 0.2) is 0 Å². The van der Waals surface area contributed by atoms with Gasteiger partial charge in [-0.15, -0.1) is 11.8 Å². The van der Waals surface area contributed by atoms with E-state index in [4.69, 9.17) is 4.74 Å². The molecule has 0 atom stereocenters. The fourth-order valence-corrected chi connectivity index (χ4v) is 3.80. The second-order valence-electron chi connectivity index (χ2n) is 6.53. The molecule has 0 fully saturated rings. The highest BCUT2D eigenvalue weighted by atomic mass is 32.2. The summed E-state index contributed by atoms with van der Waals surface area (Å²) in [4.78, 5) is 21.7. The lowest BCUT2D eigenvalue weighted by Gasteiger charge is -2.08. The summed E-state index contributed by atoms with van der Waals surface area (Å²) in [5.41, 5.74) is 3.33. The molecule has 0 aliphatic rings. The summed E-state index contributed by atoms with van der Waals surface area (Å²) in [5.74, 6) is 1.44. The van der Waals surface area contributed by atoms with Gasteiger partial charge in [0.2, 0.25) is 11.8 Å². The van der Waals surface area contributed by atoms with Gasteiger partial charge in [0.05, 0.1) is 5.75 Å². The average molecular weight is 426 g/mol. The first-order valence-corrected chi connectivity index (χ1v) is 11.3. The van der Waals surface area contributed by atoms with Crippen LogP contribution in [0.15, 0.2) is 64.8 Å². The fraction of sp³-hybridized carbons (Fsp3) is 0.227. The molecule has 0 spiro atoms. The first-order valence-electron chi connectivity index (χ1n) is 9.12. The second-order valence-corrected chi connectivity index (χ2v) is 8.41. The number of aryl methyl sites for hydroxylation is 2. The molecule has 1 amide bonds. The molecule has 3 rings (SSSR count). The van der Waals surface area contributed by atoms with Crippen molar-refractivity contribution >= 4 is 29.4 Å². The van der Waals surface area contributed by atoms with Gasteiger partial charge < -0.3 is 10.1 Å². The Kier molecular flexibility index (Phi) is 7.55. The van der Waals surface area contributed by atoms with Crippen molar-refractivity contribution in [3.8, 4) is 11.6 Å². The van der Waals surface area contributed by atoms with Crippen LogP contribution < -0.4 is 10.1 Å². The fourth-order valence-electron chi connectivity index (χ4n) is 2.70. The van der Waals surface area contributed by atoms with Gasteiger partial charge in [-0.1, -0.05) is 30.0 Å². The van der Waals surface area contributed by atoms with Gasteiger partial charge in [-0.05, 0) is 61.1 Å². The van der Waals surface area contributed by atoms with Gasteiger partial charge in [-0.25, -0.2) is 9.97 Å². The molecule has 150 valence electrons. The molecule has 1 heterocycles. The molecule has 0 aliphatic heterocycles. The second kappa shape index (κ2) is 10.3. The molecule has 0 unspecified atom stereocenters. The van der Waals surface area contributed by atoms with Gasteiger partial charge in [-0.3, -0.25) is 4.79 Å². The molecular weight excluding hydrogens is 402 g/mol. The lowest BCUT2D eigenvalue weighted by Crippen LogP contribution is -2.24. The number of rotatable bonds is 8. The molecule has 29 heavy (non-hydrogen) atoms. The highest BCUT2D eigenvalue weighted by Gasteiger charge is 2.07. The smallest absolute Gasteiger partial charge is 0.230 e. The minimum absolute atomic E-state index is 0.0423. The summed E-state index contributed by atoms with van der Waals surface area (Å²) in [6.07, 6.45) is 3.49. The molecule has 3 aromatic rings. The number of thioether (sulfide) groups is 2. The minimum atomic E-state index is -0.0423. The van der Waals surface area contributed by atoms with Gasteiger partial charge in [-0.2, -0.15) is 0 Å². The zero-order chi connectivity index (χ0) is 20.6. The van der Waals surface area contributed by atoms with Crippen LogP contribution >= 0.6 is 23.5 Å². The Hall–Kier alpha value is -2.51. The summed E-state index contributed by atoms with van der Waals surface area (Å²) < 4.78 is 5.84. The van der Waals surface area contributed by atoms with Crippen LogP contribution in [0.25, 0.3) is 0 Å². The highest BCUT2D eigenvalue weighted by molar-refractivity contribution is 7.99. The molecule has 0 saturated carbocycles. The van der Waals surface area contributed by atoms with Crippen LogP contribution in [0.4, 0.5) is 0 Å².